The largest absolute Gasteiger partial charge is 0.497 e. The first-order valence-corrected chi connectivity index (χ1v) is 16.2. The maximum atomic E-state index is 5.53. The van der Waals surface area contributed by atoms with Gasteiger partial charge >= 0.3 is 0 Å². The summed E-state index contributed by atoms with van der Waals surface area (Å²) in [6, 6.07) is 51.9. The maximum absolute atomic E-state index is 5.53. The molecule has 48 heavy (non-hydrogen) atoms. The molecule has 0 unspecified atom stereocenters. The van der Waals surface area contributed by atoms with E-state index in [2.05, 4.69) is 159 Å². The predicted octanol–water partition coefficient (Wildman–Crippen LogP) is 9.54. The minimum atomic E-state index is 0.832. The third-order valence-corrected chi connectivity index (χ3v) is 8.79. The fraction of sp³-hybridized carbons (Fsp3) is 0.136. The van der Waals surface area contributed by atoms with Gasteiger partial charge in [-0.3, -0.25) is 0 Å². The Morgan fingerprint density at radius 3 is 0.958 bits per heavy atom. The lowest BCUT2D eigenvalue weighted by atomic mass is 9.77. The summed E-state index contributed by atoms with van der Waals surface area (Å²) >= 11 is 0. The Hall–Kier alpha value is -5.48. The van der Waals surface area contributed by atoms with Gasteiger partial charge in [-0.1, -0.05) is 97.1 Å². The molecule has 0 fully saturated rings. The number of hydrogen-bond donors (Lipinski definition) is 0. The van der Waals surface area contributed by atoms with Gasteiger partial charge in [0, 0.05) is 39.6 Å². The van der Waals surface area contributed by atoms with Crippen LogP contribution in [0.15, 0.2) is 146 Å². The molecular weight excluding hydrogens is 588 g/mol. The summed E-state index contributed by atoms with van der Waals surface area (Å²) in [5.41, 5.74) is 11.5. The van der Waals surface area contributed by atoms with Crippen LogP contribution in [0.5, 0.6) is 11.5 Å². The van der Waals surface area contributed by atoms with Crippen molar-refractivity contribution in [2.45, 2.75) is 0 Å². The highest BCUT2D eigenvalue weighted by atomic mass is 16.5. The van der Waals surface area contributed by atoms with Crippen molar-refractivity contribution in [2.75, 3.05) is 52.2 Å². The van der Waals surface area contributed by atoms with Crippen LogP contribution in [0.3, 0.4) is 0 Å². The Morgan fingerprint density at radius 2 is 0.667 bits per heavy atom. The summed E-state index contributed by atoms with van der Waals surface area (Å²) in [6.07, 6.45) is 0. The molecule has 0 N–H and O–H groups in total. The smallest absolute Gasteiger partial charge is 0.118 e. The second-order valence-electron chi connectivity index (χ2n) is 12.2. The van der Waals surface area contributed by atoms with Gasteiger partial charge in [0.05, 0.1) is 26.1 Å². The van der Waals surface area contributed by atoms with E-state index < -0.39 is 0 Å². The Labute approximate surface area is 285 Å². The van der Waals surface area contributed by atoms with Crippen LogP contribution >= 0.6 is 0 Å². The number of methoxy groups -OCH3 is 2. The van der Waals surface area contributed by atoms with E-state index in [0.717, 1.165) is 79.2 Å². The van der Waals surface area contributed by atoms with E-state index in [9.17, 15) is 0 Å². The van der Waals surface area contributed by atoms with Crippen LogP contribution in [0.1, 0.15) is 33.4 Å². The van der Waals surface area contributed by atoms with E-state index in [-0.39, 0.29) is 0 Å². The average Bonchev–Trinajstić information content (AvgIpc) is 3.13. The van der Waals surface area contributed by atoms with Crippen LogP contribution in [0.2, 0.25) is 0 Å². The molecule has 0 bridgehead atoms. The van der Waals surface area contributed by atoms with Crippen LogP contribution in [0, 0.1) is 11.8 Å². The van der Waals surface area contributed by atoms with Gasteiger partial charge in [-0.2, -0.15) is 0 Å². The van der Waals surface area contributed by atoms with Gasteiger partial charge < -0.3 is 19.3 Å². The normalized spacial score (nSPS) is 11.1. The van der Waals surface area contributed by atoms with E-state index in [1.807, 2.05) is 24.3 Å². The molecule has 2 radical (unpaired) electrons. The van der Waals surface area contributed by atoms with E-state index in [1.165, 1.54) is 0 Å². The lowest BCUT2D eigenvalue weighted by Gasteiger charge is -2.26. The number of rotatable bonds is 11. The molecular formula is C44H42N2O2. The monoisotopic (exact) mass is 630 g/mol. The zero-order valence-corrected chi connectivity index (χ0v) is 28.6. The zero-order chi connectivity index (χ0) is 33.6. The molecule has 4 nitrogen and oxygen atoms in total. The summed E-state index contributed by atoms with van der Waals surface area (Å²) < 4.78 is 11.1. The second-order valence-corrected chi connectivity index (χ2v) is 12.2. The van der Waals surface area contributed by atoms with Crippen molar-refractivity contribution in [3.05, 3.63) is 191 Å². The molecule has 0 amide bonds. The van der Waals surface area contributed by atoms with Crippen molar-refractivity contribution < 1.29 is 9.47 Å². The van der Waals surface area contributed by atoms with Crippen molar-refractivity contribution in [1.82, 2.24) is 0 Å². The van der Waals surface area contributed by atoms with Crippen molar-refractivity contribution in [2.24, 2.45) is 0 Å². The molecule has 6 rings (SSSR count). The first kappa shape index (κ1) is 32.5. The van der Waals surface area contributed by atoms with Crippen LogP contribution < -0.4 is 19.3 Å². The Morgan fingerprint density at radius 1 is 0.375 bits per heavy atom. The molecule has 0 aliphatic heterocycles. The summed E-state index contributed by atoms with van der Waals surface area (Å²) in [5, 5.41) is 0. The quantitative estimate of drug-likeness (QED) is 0.133. The Kier molecular flexibility index (Phi) is 9.82. The topological polar surface area (TPSA) is 24.9 Å². The molecule has 0 heterocycles. The van der Waals surface area contributed by atoms with Crippen LogP contribution in [-0.4, -0.2) is 42.4 Å². The van der Waals surface area contributed by atoms with Gasteiger partial charge in [-0.05, 0) is 93.0 Å². The first-order valence-electron chi connectivity index (χ1n) is 16.2. The Balaban J connectivity index is 1.55. The van der Waals surface area contributed by atoms with E-state index in [0.29, 0.717) is 0 Å². The van der Waals surface area contributed by atoms with E-state index in [4.69, 9.17) is 9.47 Å². The molecule has 0 aliphatic rings. The van der Waals surface area contributed by atoms with Gasteiger partial charge in [0.2, 0.25) is 0 Å². The summed E-state index contributed by atoms with van der Waals surface area (Å²) in [7, 11) is 11.7. The molecule has 0 saturated heterocycles. The van der Waals surface area contributed by atoms with Crippen LogP contribution in [0.25, 0.3) is 11.1 Å². The molecule has 0 atom stereocenters. The third kappa shape index (κ3) is 6.79. The molecule has 6 aromatic carbocycles. The molecule has 0 saturated carbocycles. The van der Waals surface area contributed by atoms with Crippen molar-refractivity contribution in [3.63, 3.8) is 0 Å². The van der Waals surface area contributed by atoms with Gasteiger partial charge in [-0.25, -0.2) is 0 Å². The van der Waals surface area contributed by atoms with Crippen LogP contribution in [-0.2, 0) is 0 Å². The van der Waals surface area contributed by atoms with Crippen molar-refractivity contribution >= 4 is 11.4 Å². The minimum Gasteiger partial charge on any atom is -0.497 e. The van der Waals surface area contributed by atoms with Gasteiger partial charge in [0.25, 0.3) is 0 Å². The van der Waals surface area contributed by atoms with Gasteiger partial charge in [0.1, 0.15) is 11.5 Å². The van der Waals surface area contributed by atoms with Gasteiger partial charge in [0.15, 0.2) is 0 Å². The number of hydrogen-bond acceptors (Lipinski definition) is 4. The summed E-state index contributed by atoms with van der Waals surface area (Å²) in [4.78, 5) is 4.26. The number of anilines is 2. The third-order valence-electron chi connectivity index (χ3n) is 8.79. The Bertz CT molecular complexity index is 1780. The van der Waals surface area contributed by atoms with Crippen molar-refractivity contribution in [1.29, 1.82) is 0 Å². The van der Waals surface area contributed by atoms with E-state index in [1.54, 1.807) is 14.2 Å². The minimum absolute atomic E-state index is 0.832. The highest BCUT2D eigenvalue weighted by molar-refractivity contribution is 5.81. The lowest BCUT2D eigenvalue weighted by Crippen LogP contribution is -2.11. The van der Waals surface area contributed by atoms with Gasteiger partial charge in [-0.15, -0.1) is 0 Å². The molecule has 4 heteroatoms. The molecule has 6 aromatic rings. The summed E-state index contributed by atoms with van der Waals surface area (Å²) in [6.45, 7) is 0. The average molecular weight is 631 g/mol. The lowest BCUT2D eigenvalue weighted by molar-refractivity contribution is 0.414. The second kappa shape index (κ2) is 14.5. The van der Waals surface area contributed by atoms with Crippen molar-refractivity contribution in [3.8, 4) is 22.6 Å². The van der Waals surface area contributed by atoms with E-state index >= 15 is 0 Å². The fourth-order valence-corrected chi connectivity index (χ4v) is 6.20. The summed E-state index contributed by atoms with van der Waals surface area (Å²) in [5.74, 6) is 3.99. The van der Waals surface area contributed by atoms with Crippen LogP contribution in [0.4, 0.5) is 11.4 Å². The standard InChI is InChI=1S/C44H42N2O2/c1-45(2)35-23-15-31(16-24-35)43(33-19-27-37(47-5)28-20-33)41-13-9-7-11-39(41)40-12-8-10-14-42(40)44(34-21-29-38(48-6)30-22-34)32-17-25-36(26-18-32)46(3)4/h7-30H,1-6H3. The maximum Gasteiger partial charge on any atom is 0.118 e. The molecule has 240 valence electrons. The SMILES string of the molecule is COc1ccc([C](c2ccc(N(C)C)cc2)c2ccccc2-c2ccccc2[C](c2ccc(OC)cc2)c2ccc(N(C)C)cc2)cc1. The zero-order valence-electron chi connectivity index (χ0n) is 28.6. The number of nitrogens with zero attached hydrogens (tertiary/aromatic N) is 2. The first-order chi connectivity index (χ1) is 23.4. The highest BCUT2D eigenvalue weighted by Crippen LogP contribution is 2.43. The molecule has 0 spiro atoms. The predicted molar refractivity (Wildman–Crippen MR) is 201 cm³/mol. The fourth-order valence-electron chi connectivity index (χ4n) is 6.20. The number of benzene rings is 6. The molecule has 0 aromatic heterocycles. The molecule has 0 aliphatic carbocycles. The highest BCUT2D eigenvalue weighted by Gasteiger charge is 2.26. The number of ether oxygens (including phenoxy) is 2.